The van der Waals surface area contributed by atoms with Crippen molar-refractivity contribution >= 4 is 17.0 Å². The van der Waals surface area contributed by atoms with E-state index in [1.165, 1.54) is 6.39 Å². The number of rotatable bonds is 6. The van der Waals surface area contributed by atoms with Gasteiger partial charge < -0.3 is 14.5 Å². The third kappa shape index (κ3) is 3.63. The Balaban J connectivity index is 1.43. The quantitative estimate of drug-likeness (QED) is 0.759. The Morgan fingerprint density at radius 3 is 2.91 bits per heavy atom. The van der Waals surface area contributed by atoms with E-state index in [1.807, 2.05) is 48.5 Å². The number of oxazole rings is 1. The van der Waals surface area contributed by atoms with E-state index in [1.54, 1.807) is 0 Å². The van der Waals surface area contributed by atoms with Crippen molar-refractivity contribution in [1.82, 2.24) is 10.3 Å². The summed E-state index contributed by atoms with van der Waals surface area (Å²) < 4.78 is 10.6. The number of aromatic nitrogens is 1. The monoisotopic (exact) mass is 296 g/mol. The first-order valence-electron chi connectivity index (χ1n) is 7.08. The molecule has 0 spiro atoms. The Morgan fingerprint density at radius 1 is 1.18 bits per heavy atom. The van der Waals surface area contributed by atoms with Crippen molar-refractivity contribution in [3.63, 3.8) is 0 Å². The normalized spacial score (nSPS) is 10.5. The van der Waals surface area contributed by atoms with Crippen LogP contribution in [0.4, 0.5) is 0 Å². The summed E-state index contributed by atoms with van der Waals surface area (Å²) in [6.45, 7) is 0.571. The second kappa shape index (κ2) is 6.76. The molecule has 0 unspecified atom stereocenters. The Morgan fingerprint density at radius 2 is 2.05 bits per heavy atom. The van der Waals surface area contributed by atoms with Crippen LogP contribution in [0.1, 0.15) is 5.56 Å². The summed E-state index contributed by atoms with van der Waals surface area (Å²) in [4.78, 5) is 15.8. The molecule has 1 amide bonds. The number of amides is 1. The standard InChI is InChI=1S/C17H16N2O3/c20-17(11-21-14-4-2-1-3-5-14)18-9-8-13-6-7-15-16(10-13)22-12-19-15/h1-7,10,12H,8-9,11H2,(H,18,20). The molecule has 22 heavy (non-hydrogen) atoms. The van der Waals surface area contributed by atoms with Gasteiger partial charge >= 0.3 is 0 Å². The predicted octanol–water partition coefficient (Wildman–Crippen LogP) is 2.57. The van der Waals surface area contributed by atoms with Crippen LogP contribution in [0.25, 0.3) is 11.1 Å². The average Bonchev–Trinajstić information content (AvgIpc) is 3.02. The molecular formula is C17H16N2O3. The number of hydrogen-bond acceptors (Lipinski definition) is 4. The largest absolute Gasteiger partial charge is 0.484 e. The van der Waals surface area contributed by atoms with Crippen molar-refractivity contribution in [2.75, 3.05) is 13.2 Å². The molecule has 0 aliphatic rings. The third-order valence-corrected chi connectivity index (χ3v) is 3.24. The van der Waals surface area contributed by atoms with E-state index in [0.717, 1.165) is 23.1 Å². The molecule has 1 aromatic heterocycles. The highest BCUT2D eigenvalue weighted by atomic mass is 16.5. The zero-order valence-corrected chi connectivity index (χ0v) is 12.0. The molecule has 0 bridgehead atoms. The first-order chi connectivity index (χ1) is 10.8. The minimum Gasteiger partial charge on any atom is -0.484 e. The number of benzene rings is 2. The van der Waals surface area contributed by atoms with Crippen molar-refractivity contribution in [2.24, 2.45) is 0 Å². The van der Waals surface area contributed by atoms with Gasteiger partial charge in [-0.15, -0.1) is 0 Å². The Kier molecular flexibility index (Phi) is 4.34. The first kappa shape index (κ1) is 14.1. The lowest BCUT2D eigenvalue weighted by Gasteiger charge is -2.07. The molecule has 0 saturated heterocycles. The number of carbonyl (C=O) groups excluding carboxylic acids is 1. The molecule has 3 aromatic rings. The van der Waals surface area contributed by atoms with E-state index in [4.69, 9.17) is 9.15 Å². The van der Waals surface area contributed by atoms with E-state index in [-0.39, 0.29) is 12.5 Å². The van der Waals surface area contributed by atoms with Gasteiger partial charge in [-0.05, 0) is 36.2 Å². The van der Waals surface area contributed by atoms with E-state index in [9.17, 15) is 4.79 Å². The van der Waals surface area contributed by atoms with Crippen LogP contribution in [0, 0.1) is 0 Å². The lowest BCUT2D eigenvalue weighted by Crippen LogP contribution is -2.30. The second-order valence-electron chi connectivity index (χ2n) is 4.86. The number of hydrogen-bond donors (Lipinski definition) is 1. The Labute approximate surface area is 127 Å². The second-order valence-corrected chi connectivity index (χ2v) is 4.86. The van der Waals surface area contributed by atoms with Crippen molar-refractivity contribution in [1.29, 1.82) is 0 Å². The zero-order valence-electron chi connectivity index (χ0n) is 12.0. The summed E-state index contributed by atoms with van der Waals surface area (Å²) in [5.74, 6) is 0.554. The van der Waals surface area contributed by atoms with Crippen LogP contribution >= 0.6 is 0 Å². The van der Waals surface area contributed by atoms with Crippen LogP contribution in [-0.4, -0.2) is 24.0 Å². The molecule has 0 fully saturated rings. The fourth-order valence-corrected chi connectivity index (χ4v) is 2.12. The molecule has 1 heterocycles. The van der Waals surface area contributed by atoms with Gasteiger partial charge in [0.25, 0.3) is 5.91 Å². The van der Waals surface area contributed by atoms with Gasteiger partial charge in [0, 0.05) is 6.54 Å². The number of nitrogens with zero attached hydrogens (tertiary/aromatic N) is 1. The van der Waals surface area contributed by atoms with Crippen LogP contribution in [0.3, 0.4) is 0 Å². The van der Waals surface area contributed by atoms with Gasteiger partial charge in [-0.1, -0.05) is 24.3 Å². The Bertz CT molecular complexity index is 753. The molecule has 3 rings (SSSR count). The average molecular weight is 296 g/mol. The number of fused-ring (bicyclic) bond motifs is 1. The summed E-state index contributed by atoms with van der Waals surface area (Å²) in [5, 5.41) is 2.83. The van der Waals surface area contributed by atoms with E-state index < -0.39 is 0 Å². The van der Waals surface area contributed by atoms with Crippen LogP contribution < -0.4 is 10.1 Å². The summed E-state index contributed by atoms with van der Waals surface area (Å²) in [7, 11) is 0. The van der Waals surface area contributed by atoms with Gasteiger partial charge in [0.1, 0.15) is 11.3 Å². The molecular weight excluding hydrogens is 280 g/mol. The molecule has 5 heteroatoms. The molecule has 1 N–H and O–H groups in total. The zero-order chi connectivity index (χ0) is 15.2. The topological polar surface area (TPSA) is 64.4 Å². The van der Waals surface area contributed by atoms with Gasteiger partial charge in [0.05, 0.1) is 0 Å². The van der Waals surface area contributed by atoms with Crippen molar-refractivity contribution in [2.45, 2.75) is 6.42 Å². The molecule has 5 nitrogen and oxygen atoms in total. The van der Waals surface area contributed by atoms with Crippen molar-refractivity contribution in [3.8, 4) is 5.75 Å². The third-order valence-electron chi connectivity index (χ3n) is 3.24. The van der Waals surface area contributed by atoms with E-state index >= 15 is 0 Å². The van der Waals surface area contributed by atoms with Crippen molar-refractivity contribution in [3.05, 3.63) is 60.5 Å². The van der Waals surface area contributed by atoms with E-state index in [0.29, 0.717) is 12.3 Å². The molecule has 0 saturated carbocycles. The van der Waals surface area contributed by atoms with Gasteiger partial charge in [-0.3, -0.25) is 4.79 Å². The number of carbonyl (C=O) groups is 1. The molecule has 0 radical (unpaired) electrons. The highest BCUT2D eigenvalue weighted by molar-refractivity contribution is 5.77. The first-order valence-corrected chi connectivity index (χ1v) is 7.08. The van der Waals surface area contributed by atoms with Crippen LogP contribution in [0.5, 0.6) is 5.75 Å². The fourth-order valence-electron chi connectivity index (χ4n) is 2.12. The summed E-state index contributed by atoms with van der Waals surface area (Å²) in [6, 6.07) is 15.1. The van der Waals surface area contributed by atoms with E-state index in [2.05, 4.69) is 10.3 Å². The van der Waals surface area contributed by atoms with Crippen molar-refractivity contribution < 1.29 is 13.9 Å². The Hall–Kier alpha value is -2.82. The summed E-state index contributed by atoms with van der Waals surface area (Å²) >= 11 is 0. The highest BCUT2D eigenvalue weighted by Crippen LogP contribution is 2.14. The highest BCUT2D eigenvalue weighted by Gasteiger charge is 2.04. The lowest BCUT2D eigenvalue weighted by molar-refractivity contribution is -0.123. The summed E-state index contributed by atoms with van der Waals surface area (Å²) in [5.41, 5.74) is 2.69. The van der Waals surface area contributed by atoms with Gasteiger partial charge in [0.15, 0.2) is 18.6 Å². The SMILES string of the molecule is O=C(COc1ccccc1)NCCc1ccc2ncoc2c1. The molecule has 0 aliphatic carbocycles. The van der Waals surface area contributed by atoms with Gasteiger partial charge in [-0.2, -0.15) is 0 Å². The predicted molar refractivity (Wildman–Crippen MR) is 82.7 cm³/mol. The van der Waals surface area contributed by atoms with Gasteiger partial charge in [0.2, 0.25) is 0 Å². The number of nitrogens with one attached hydrogen (secondary N) is 1. The maximum atomic E-state index is 11.7. The smallest absolute Gasteiger partial charge is 0.257 e. The molecule has 0 aliphatic heterocycles. The van der Waals surface area contributed by atoms with Crippen LogP contribution in [0.2, 0.25) is 0 Å². The van der Waals surface area contributed by atoms with Crippen LogP contribution in [0.15, 0.2) is 59.3 Å². The fraction of sp³-hybridized carbons (Fsp3) is 0.176. The minimum absolute atomic E-state index is 0.0190. The summed E-state index contributed by atoms with van der Waals surface area (Å²) in [6.07, 6.45) is 2.16. The van der Waals surface area contributed by atoms with Crippen LogP contribution in [-0.2, 0) is 11.2 Å². The number of ether oxygens (including phenoxy) is 1. The maximum Gasteiger partial charge on any atom is 0.257 e. The number of para-hydroxylation sites is 1. The van der Waals surface area contributed by atoms with Gasteiger partial charge in [-0.25, -0.2) is 4.98 Å². The molecule has 112 valence electrons. The molecule has 2 aromatic carbocycles. The maximum absolute atomic E-state index is 11.7. The molecule has 0 atom stereocenters. The lowest BCUT2D eigenvalue weighted by atomic mass is 10.1. The minimum atomic E-state index is -0.135.